The fourth-order valence-corrected chi connectivity index (χ4v) is 3.68. The summed E-state index contributed by atoms with van der Waals surface area (Å²) >= 11 is 1.60. The van der Waals surface area contributed by atoms with E-state index in [-0.39, 0.29) is 18.6 Å². The number of carbonyl (C=O) groups excluding carboxylic acids is 1. The van der Waals surface area contributed by atoms with Gasteiger partial charge in [-0.15, -0.1) is 0 Å². The summed E-state index contributed by atoms with van der Waals surface area (Å²) in [5, 5.41) is 12.6. The smallest absolute Gasteiger partial charge is 0.258 e. The quantitative estimate of drug-likeness (QED) is 0.333. The number of fused-ring (bicyclic) bond motifs is 1. The number of nitrogens with one attached hydrogen (secondary N) is 2. The second-order valence-electron chi connectivity index (χ2n) is 7.71. The molecule has 1 aromatic carbocycles. The summed E-state index contributed by atoms with van der Waals surface area (Å²) in [5.74, 6) is 1.66. The van der Waals surface area contributed by atoms with Crippen LogP contribution in [0.15, 0.2) is 35.6 Å². The Morgan fingerprint density at radius 3 is 2.59 bits per heavy atom. The molecule has 32 heavy (non-hydrogen) atoms. The number of ether oxygens (including phenoxy) is 2. The van der Waals surface area contributed by atoms with Gasteiger partial charge >= 0.3 is 0 Å². The molecular formula is C22H30N6O3S. The third-order valence-corrected chi connectivity index (χ3v) is 5.18. The summed E-state index contributed by atoms with van der Waals surface area (Å²) in [7, 11) is 1.56. The van der Waals surface area contributed by atoms with Crippen LogP contribution in [0.5, 0.6) is 11.5 Å². The molecule has 0 unspecified atom stereocenters. The molecule has 172 valence electrons. The molecule has 0 atom stereocenters. The molecule has 2 heterocycles. The maximum absolute atomic E-state index is 12.2. The van der Waals surface area contributed by atoms with E-state index in [2.05, 4.69) is 48.4 Å². The van der Waals surface area contributed by atoms with E-state index in [0.717, 1.165) is 16.9 Å². The van der Waals surface area contributed by atoms with E-state index in [1.165, 1.54) is 0 Å². The third-order valence-electron chi connectivity index (χ3n) is 4.32. The van der Waals surface area contributed by atoms with Crippen molar-refractivity contribution in [3.63, 3.8) is 0 Å². The van der Waals surface area contributed by atoms with E-state index in [4.69, 9.17) is 14.5 Å². The SMILES string of the molecule is COc1ccccc1OCC(=O)NCCn1ncc2c(NC(C)C)nc(SC(C)C)nc21. The largest absolute Gasteiger partial charge is 0.493 e. The Balaban J connectivity index is 1.63. The zero-order valence-electron chi connectivity index (χ0n) is 19.1. The zero-order chi connectivity index (χ0) is 23.1. The normalized spacial score (nSPS) is 11.2. The van der Waals surface area contributed by atoms with E-state index >= 15 is 0 Å². The molecule has 0 aliphatic rings. The van der Waals surface area contributed by atoms with Gasteiger partial charge in [-0.25, -0.2) is 14.6 Å². The number of hydrogen-bond acceptors (Lipinski definition) is 8. The summed E-state index contributed by atoms with van der Waals surface area (Å²) in [6.45, 7) is 9.12. The maximum Gasteiger partial charge on any atom is 0.258 e. The Morgan fingerprint density at radius 1 is 1.16 bits per heavy atom. The van der Waals surface area contributed by atoms with Crippen LogP contribution in [0, 0.1) is 0 Å². The molecule has 0 spiro atoms. The molecule has 0 saturated carbocycles. The number of rotatable bonds is 11. The predicted molar refractivity (Wildman–Crippen MR) is 127 cm³/mol. The van der Waals surface area contributed by atoms with Crippen molar-refractivity contribution in [2.75, 3.05) is 25.6 Å². The van der Waals surface area contributed by atoms with Crippen LogP contribution in [0.4, 0.5) is 5.82 Å². The Morgan fingerprint density at radius 2 is 1.91 bits per heavy atom. The lowest BCUT2D eigenvalue weighted by Crippen LogP contribution is -2.31. The number of para-hydroxylation sites is 2. The molecule has 2 N–H and O–H groups in total. The highest BCUT2D eigenvalue weighted by atomic mass is 32.2. The molecule has 0 radical (unpaired) electrons. The van der Waals surface area contributed by atoms with Crippen molar-refractivity contribution >= 4 is 34.5 Å². The number of carbonyl (C=O) groups is 1. The number of hydrogen-bond donors (Lipinski definition) is 2. The van der Waals surface area contributed by atoms with E-state index in [1.807, 2.05) is 12.1 Å². The van der Waals surface area contributed by atoms with Gasteiger partial charge in [-0.05, 0) is 26.0 Å². The lowest BCUT2D eigenvalue weighted by Gasteiger charge is -2.13. The highest BCUT2D eigenvalue weighted by Crippen LogP contribution is 2.27. The Hall–Kier alpha value is -3.01. The summed E-state index contributed by atoms with van der Waals surface area (Å²) in [4.78, 5) is 21.6. The van der Waals surface area contributed by atoms with Crippen LogP contribution in [0.25, 0.3) is 11.0 Å². The molecular weight excluding hydrogens is 428 g/mol. The molecule has 2 aromatic heterocycles. The van der Waals surface area contributed by atoms with Gasteiger partial charge in [0.2, 0.25) is 0 Å². The van der Waals surface area contributed by atoms with Gasteiger partial charge in [-0.2, -0.15) is 5.10 Å². The molecule has 10 heteroatoms. The lowest BCUT2D eigenvalue weighted by molar-refractivity contribution is -0.123. The van der Waals surface area contributed by atoms with Crippen LogP contribution in [0.2, 0.25) is 0 Å². The van der Waals surface area contributed by atoms with Crippen molar-refractivity contribution in [2.45, 2.75) is 50.7 Å². The molecule has 3 rings (SSSR count). The van der Waals surface area contributed by atoms with Crippen LogP contribution in [-0.4, -0.2) is 57.2 Å². The molecule has 1 amide bonds. The van der Waals surface area contributed by atoms with Gasteiger partial charge in [-0.3, -0.25) is 4.79 Å². The van der Waals surface area contributed by atoms with Crippen LogP contribution >= 0.6 is 11.8 Å². The fourth-order valence-electron chi connectivity index (χ4n) is 2.98. The molecule has 9 nitrogen and oxygen atoms in total. The predicted octanol–water partition coefficient (Wildman–Crippen LogP) is 3.35. The number of nitrogens with zero attached hydrogens (tertiary/aromatic N) is 4. The second-order valence-corrected chi connectivity index (χ2v) is 9.26. The van der Waals surface area contributed by atoms with Crippen LogP contribution < -0.4 is 20.1 Å². The number of aromatic nitrogens is 4. The van der Waals surface area contributed by atoms with Crippen LogP contribution in [0.3, 0.4) is 0 Å². The highest BCUT2D eigenvalue weighted by molar-refractivity contribution is 7.99. The number of thioether (sulfide) groups is 1. The Labute approximate surface area is 192 Å². The monoisotopic (exact) mass is 458 g/mol. The Bertz CT molecular complexity index is 1050. The summed E-state index contributed by atoms with van der Waals surface area (Å²) in [6.07, 6.45) is 1.76. The van der Waals surface area contributed by atoms with E-state index in [1.54, 1.807) is 41.9 Å². The van der Waals surface area contributed by atoms with E-state index in [9.17, 15) is 4.79 Å². The van der Waals surface area contributed by atoms with E-state index < -0.39 is 0 Å². The van der Waals surface area contributed by atoms with Crippen molar-refractivity contribution < 1.29 is 14.3 Å². The van der Waals surface area contributed by atoms with Crippen molar-refractivity contribution in [1.29, 1.82) is 0 Å². The van der Waals surface area contributed by atoms with Crippen molar-refractivity contribution in [1.82, 2.24) is 25.1 Å². The van der Waals surface area contributed by atoms with Crippen LogP contribution in [0.1, 0.15) is 27.7 Å². The standard InChI is InChI=1S/C22H30N6O3S/c1-14(2)25-20-16-12-24-28(21(16)27-22(26-20)32-15(3)4)11-10-23-19(29)13-31-18-9-7-6-8-17(18)30-5/h6-9,12,14-15H,10-11,13H2,1-5H3,(H,23,29)(H,25,26,27). The van der Waals surface area contributed by atoms with Crippen molar-refractivity contribution in [2.24, 2.45) is 0 Å². The van der Waals surface area contributed by atoms with E-state index in [0.29, 0.717) is 35.0 Å². The number of benzene rings is 1. The fraction of sp³-hybridized carbons (Fsp3) is 0.455. The minimum absolute atomic E-state index is 0.0972. The average molecular weight is 459 g/mol. The van der Waals surface area contributed by atoms with Gasteiger partial charge in [-0.1, -0.05) is 37.7 Å². The van der Waals surface area contributed by atoms with Crippen LogP contribution in [-0.2, 0) is 11.3 Å². The highest BCUT2D eigenvalue weighted by Gasteiger charge is 2.15. The van der Waals surface area contributed by atoms with Crippen molar-refractivity contribution in [3.8, 4) is 11.5 Å². The summed E-state index contributed by atoms with van der Waals surface area (Å²) in [5.41, 5.74) is 0.742. The first-order chi connectivity index (χ1) is 15.4. The first-order valence-electron chi connectivity index (χ1n) is 10.6. The first kappa shape index (κ1) is 23.6. The second kappa shape index (κ2) is 11.0. The average Bonchev–Trinajstić information content (AvgIpc) is 3.14. The summed E-state index contributed by atoms with van der Waals surface area (Å²) in [6, 6.07) is 7.45. The molecule has 0 aliphatic carbocycles. The van der Waals surface area contributed by atoms with Crippen molar-refractivity contribution in [3.05, 3.63) is 30.5 Å². The van der Waals surface area contributed by atoms with Gasteiger partial charge in [0, 0.05) is 17.8 Å². The lowest BCUT2D eigenvalue weighted by atomic mass is 10.3. The first-order valence-corrected chi connectivity index (χ1v) is 11.4. The molecule has 0 fully saturated rings. The third kappa shape index (κ3) is 6.25. The van der Waals surface area contributed by atoms with Gasteiger partial charge in [0.05, 0.1) is 25.2 Å². The maximum atomic E-state index is 12.2. The number of anilines is 1. The molecule has 0 saturated heterocycles. The van der Waals surface area contributed by atoms with Gasteiger partial charge < -0.3 is 20.1 Å². The molecule has 0 aliphatic heterocycles. The number of methoxy groups -OCH3 is 1. The minimum Gasteiger partial charge on any atom is -0.493 e. The minimum atomic E-state index is -0.222. The zero-order valence-corrected chi connectivity index (χ0v) is 19.9. The Kier molecular flexibility index (Phi) is 8.15. The van der Waals surface area contributed by atoms with Gasteiger partial charge in [0.15, 0.2) is 28.9 Å². The van der Waals surface area contributed by atoms with Gasteiger partial charge in [0.25, 0.3) is 5.91 Å². The van der Waals surface area contributed by atoms with Gasteiger partial charge in [0.1, 0.15) is 5.82 Å². The number of amides is 1. The molecule has 3 aromatic rings. The summed E-state index contributed by atoms with van der Waals surface area (Å²) < 4.78 is 12.6. The molecule has 0 bridgehead atoms. The topological polar surface area (TPSA) is 103 Å².